The van der Waals surface area contributed by atoms with Gasteiger partial charge in [-0.05, 0) is 24.3 Å². The predicted octanol–water partition coefficient (Wildman–Crippen LogP) is 0.205. The summed E-state index contributed by atoms with van der Waals surface area (Å²) >= 11 is 0. The zero-order valence-corrected chi connectivity index (χ0v) is 8.92. The van der Waals surface area contributed by atoms with E-state index in [4.69, 9.17) is 19.7 Å². The summed E-state index contributed by atoms with van der Waals surface area (Å²) in [6.45, 7) is -0.656. The summed E-state index contributed by atoms with van der Waals surface area (Å²) in [4.78, 5) is 11.4. The van der Waals surface area contributed by atoms with Gasteiger partial charge in [0.1, 0.15) is 18.5 Å². The molecule has 0 amide bonds. The first kappa shape index (κ1) is 12.5. The third kappa shape index (κ3) is 3.52. The minimum absolute atomic E-state index is 0.221. The van der Waals surface area contributed by atoms with Crippen LogP contribution < -0.4 is 4.74 Å². The Hall–Kier alpha value is -1.59. The first-order valence-electron chi connectivity index (χ1n) is 4.77. The molecule has 0 fully saturated rings. The average molecular weight is 226 g/mol. The fourth-order valence-electron chi connectivity index (χ4n) is 1.04. The summed E-state index contributed by atoms with van der Waals surface area (Å²) in [5, 5.41) is 17.5. The Morgan fingerprint density at radius 3 is 2.50 bits per heavy atom. The van der Waals surface area contributed by atoms with E-state index in [1.807, 2.05) is 0 Å². The average Bonchev–Trinajstić information content (AvgIpc) is 2.35. The second kappa shape index (κ2) is 6.09. The lowest BCUT2D eigenvalue weighted by Gasteiger charge is -2.08. The van der Waals surface area contributed by atoms with Crippen LogP contribution in [0.3, 0.4) is 0 Å². The summed E-state index contributed by atoms with van der Waals surface area (Å²) in [7, 11) is 1.53. The Kier molecular flexibility index (Phi) is 4.75. The van der Waals surface area contributed by atoms with Gasteiger partial charge in [-0.25, -0.2) is 4.79 Å². The molecule has 0 radical (unpaired) electrons. The third-order valence-electron chi connectivity index (χ3n) is 1.94. The van der Waals surface area contributed by atoms with E-state index in [0.29, 0.717) is 11.3 Å². The van der Waals surface area contributed by atoms with E-state index < -0.39 is 18.7 Å². The van der Waals surface area contributed by atoms with Gasteiger partial charge in [0, 0.05) is 0 Å². The van der Waals surface area contributed by atoms with Crippen LogP contribution in [0.2, 0.25) is 0 Å². The molecule has 0 unspecified atom stereocenters. The van der Waals surface area contributed by atoms with E-state index in [-0.39, 0.29) is 6.61 Å². The largest absolute Gasteiger partial charge is 0.497 e. The second-order valence-electron chi connectivity index (χ2n) is 3.16. The molecule has 5 heteroatoms. The van der Waals surface area contributed by atoms with Crippen molar-refractivity contribution >= 4 is 5.97 Å². The van der Waals surface area contributed by atoms with Crippen LogP contribution in [0.4, 0.5) is 0 Å². The maximum absolute atomic E-state index is 11.4. The molecule has 88 valence electrons. The van der Waals surface area contributed by atoms with Gasteiger partial charge in [0.05, 0.1) is 19.3 Å². The fourth-order valence-corrected chi connectivity index (χ4v) is 1.04. The molecule has 0 heterocycles. The van der Waals surface area contributed by atoms with Crippen LogP contribution in [-0.4, -0.2) is 42.6 Å². The molecule has 0 aliphatic rings. The van der Waals surface area contributed by atoms with Crippen molar-refractivity contribution < 1.29 is 24.5 Å². The maximum Gasteiger partial charge on any atom is 0.338 e. The van der Waals surface area contributed by atoms with Crippen LogP contribution in [0.25, 0.3) is 0 Å². The van der Waals surface area contributed by atoms with Crippen molar-refractivity contribution in [3.63, 3.8) is 0 Å². The van der Waals surface area contributed by atoms with Gasteiger partial charge in [-0.3, -0.25) is 0 Å². The molecule has 0 bridgehead atoms. The SMILES string of the molecule is COc1ccc(C(=O)OC[C@@H](O)CO)cc1. The van der Waals surface area contributed by atoms with Crippen molar-refractivity contribution in [2.75, 3.05) is 20.3 Å². The molecule has 0 spiro atoms. The number of hydrogen-bond acceptors (Lipinski definition) is 5. The van der Waals surface area contributed by atoms with Crippen molar-refractivity contribution in [1.29, 1.82) is 0 Å². The predicted molar refractivity (Wildman–Crippen MR) is 56.4 cm³/mol. The summed E-state index contributed by atoms with van der Waals surface area (Å²) in [6, 6.07) is 6.40. The van der Waals surface area contributed by atoms with Crippen LogP contribution in [0.15, 0.2) is 24.3 Å². The number of rotatable bonds is 5. The van der Waals surface area contributed by atoms with Gasteiger partial charge in [0.2, 0.25) is 0 Å². The van der Waals surface area contributed by atoms with Crippen LogP contribution in [0.1, 0.15) is 10.4 Å². The highest BCUT2D eigenvalue weighted by atomic mass is 16.5. The normalized spacial score (nSPS) is 11.9. The van der Waals surface area contributed by atoms with Gasteiger partial charge in [0.15, 0.2) is 0 Å². The number of methoxy groups -OCH3 is 1. The van der Waals surface area contributed by atoms with Crippen molar-refractivity contribution in [2.45, 2.75) is 6.10 Å². The van der Waals surface area contributed by atoms with E-state index in [2.05, 4.69) is 0 Å². The van der Waals surface area contributed by atoms with E-state index in [0.717, 1.165) is 0 Å². The van der Waals surface area contributed by atoms with Crippen LogP contribution in [0.5, 0.6) is 5.75 Å². The van der Waals surface area contributed by atoms with Gasteiger partial charge in [-0.2, -0.15) is 0 Å². The molecule has 16 heavy (non-hydrogen) atoms. The second-order valence-corrected chi connectivity index (χ2v) is 3.16. The van der Waals surface area contributed by atoms with Crippen LogP contribution >= 0.6 is 0 Å². The number of esters is 1. The van der Waals surface area contributed by atoms with E-state index in [1.165, 1.54) is 7.11 Å². The van der Waals surface area contributed by atoms with Gasteiger partial charge in [0.25, 0.3) is 0 Å². The standard InChI is InChI=1S/C11H14O5/c1-15-10-4-2-8(3-5-10)11(14)16-7-9(13)6-12/h2-5,9,12-13H,6-7H2,1H3/t9-/m0/s1. The number of hydrogen-bond donors (Lipinski definition) is 2. The van der Waals surface area contributed by atoms with Crippen molar-refractivity contribution in [3.8, 4) is 5.75 Å². The monoisotopic (exact) mass is 226 g/mol. The van der Waals surface area contributed by atoms with E-state index in [1.54, 1.807) is 24.3 Å². The fraction of sp³-hybridized carbons (Fsp3) is 0.364. The number of carbonyl (C=O) groups excluding carboxylic acids is 1. The van der Waals surface area contributed by atoms with Gasteiger partial charge >= 0.3 is 5.97 Å². The molecule has 1 rings (SSSR count). The van der Waals surface area contributed by atoms with E-state index >= 15 is 0 Å². The van der Waals surface area contributed by atoms with Crippen LogP contribution in [-0.2, 0) is 4.74 Å². The molecule has 1 atom stereocenters. The quantitative estimate of drug-likeness (QED) is 0.702. The van der Waals surface area contributed by atoms with Crippen molar-refractivity contribution in [1.82, 2.24) is 0 Å². The minimum atomic E-state index is -1.04. The highest BCUT2D eigenvalue weighted by Gasteiger charge is 2.10. The van der Waals surface area contributed by atoms with E-state index in [9.17, 15) is 4.79 Å². The molecule has 0 saturated heterocycles. The topological polar surface area (TPSA) is 76.0 Å². The Morgan fingerprint density at radius 2 is 2.00 bits per heavy atom. The maximum atomic E-state index is 11.4. The molecule has 0 aliphatic carbocycles. The Morgan fingerprint density at radius 1 is 1.38 bits per heavy atom. The minimum Gasteiger partial charge on any atom is -0.497 e. The summed E-state index contributed by atoms with van der Waals surface area (Å²) in [6.07, 6.45) is -1.04. The zero-order chi connectivity index (χ0) is 12.0. The Labute approximate surface area is 93.2 Å². The molecule has 0 saturated carbocycles. The molecule has 1 aromatic carbocycles. The van der Waals surface area contributed by atoms with Gasteiger partial charge < -0.3 is 19.7 Å². The first-order valence-corrected chi connectivity index (χ1v) is 4.77. The Balaban J connectivity index is 2.52. The smallest absolute Gasteiger partial charge is 0.338 e. The lowest BCUT2D eigenvalue weighted by atomic mass is 10.2. The number of carbonyl (C=O) groups is 1. The molecular weight excluding hydrogens is 212 g/mol. The van der Waals surface area contributed by atoms with Crippen molar-refractivity contribution in [3.05, 3.63) is 29.8 Å². The molecular formula is C11H14O5. The number of aliphatic hydroxyl groups excluding tert-OH is 2. The molecule has 0 aromatic heterocycles. The number of benzene rings is 1. The zero-order valence-electron chi connectivity index (χ0n) is 8.92. The van der Waals surface area contributed by atoms with Crippen molar-refractivity contribution in [2.24, 2.45) is 0 Å². The molecule has 2 N–H and O–H groups in total. The van der Waals surface area contributed by atoms with Gasteiger partial charge in [-0.1, -0.05) is 0 Å². The summed E-state index contributed by atoms with van der Waals surface area (Å²) in [5.74, 6) is 0.0992. The first-order chi connectivity index (χ1) is 7.67. The third-order valence-corrected chi connectivity index (χ3v) is 1.94. The molecule has 5 nitrogen and oxygen atoms in total. The van der Waals surface area contributed by atoms with Gasteiger partial charge in [-0.15, -0.1) is 0 Å². The number of aliphatic hydroxyl groups is 2. The molecule has 1 aromatic rings. The Bertz CT molecular complexity index is 333. The number of ether oxygens (including phenoxy) is 2. The lowest BCUT2D eigenvalue weighted by molar-refractivity contribution is 0.00933. The molecule has 0 aliphatic heterocycles. The summed E-state index contributed by atoms with van der Waals surface area (Å²) < 4.78 is 9.70. The lowest BCUT2D eigenvalue weighted by Crippen LogP contribution is -2.21. The summed E-state index contributed by atoms with van der Waals surface area (Å²) in [5.41, 5.74) is 0.367. The highest BCUT2D eigenvalue weighted by Crippen LogP contribution is 2.12. The highest BCUT2D eigenvalue weighted by molar-refractivity contribution is 5.89. The van der Waals surface area contributed by atoms with Crippen LogP contribution in [0, 0.1) is 0 Å².